The monoisotopic (exact) mass is 368 g/mol. The first-order valence-electron chi connectivity index (χ1n) is 8.39. The molecule has 0 saturated heterocycles. The van der Waals surface area contributed by atoms with E-state index in [9.17, 15) is 14.4 Å². The van der Waals surface area contributed by atoms with Gasteiger partial charge in [-0.3, -0.25) is 18.7 Å². The molecule has 8 heteroatoms. The largest absolute Gasteiger partial charge is 0.481 e. The minimum atomic E-state index is -0.786. The molecule has 1 unspecified atom stereocenters. The third kappa shape index (κ3) is 3.33. The fourth-order valence-corrected chi connectivity index (χ4v) is 2.77. The number of pyridine rings is 1. The van der Waals surface area contributed by atoms with Crippen LogP contribution in [0.5, 0.6) is 5.75 Å². The quantitative estimate of drug-likeness (QED) is 0.750. The number of aromatic nitrogens is 3. The van der Waals surface area contributed by atoms with Gasteiger partial charge >= 0.3 is 5.69 Å². The van der Waals surface area contributed by atoms with Gasteiger partial charge in [0, 0.05) is 20.3 Å². The Morgan fingerprint density at radius 1 is 1.15 bits per heavy atom. The van der Waals surface area contributed by atoms with E-state index < -0.39 is 23.3 Å². The highest BCUT2D eigenvalue weighted by Gasteiger charge is 2.20. The standard InChI is InChI=1S/C19H20N4O4/c1-11-10-20-16-14(18(25)23(4)19(26)22(16)3)15(11)21-17(24)12(2)27-13-8-6-5-7-9-13/h5-10,12H,1-4H3,(H,20,21,24). The molecule has 1 atom stereocenters. The van der Waals surface area contributed by atoms with Crippen molar-refractivity contribution in [3.8, 4) is 5.75 Å². The third-order valence-electron chi connectivity index (χ3n) is 4.33. The first kappa shape index (κ1) is 18.4. The van der Waals surface area contributed by atoms with E-state index in [1.165, 1.54) is 24.9 Å². The fraction of sp³-hybridized carbons (Fsp3) is 0.263. The van der Waals surface area contributed by atoms with Crippen molar-refractivity contribution in [3.05, 3.63) is 62.9 Å². The van der Waals surface area contributed by atoms with Crippen molar-refractivity contribution in [2.45, 2.75) is 20.0 Å². The Kier molecular flexibility index (Phi) is 4.81. The molecule has 3 aromatic rings. The molecule has 3 rings (SSSR count). The summed E-state index contributed by atoms with van der Waals surface area (Å²) in [6.45, 7) is 3.35. The lowest BCUT2D eigenvalue weighted by Crippen LogP contribution is -2.38. The normalized spacial score (nSPS) is 12.0. The number of carbonyl (C=O) groups excluding carboxylic acids is 1. The molecule has 0 fully saturated rings. The second-order valence-corrected chi connectivity index (χ2v) is 6.28. The van der Waals surface area contributed by atoms with Gasteiger partial charge < -0.3 is 10.1 Å². The van der Waals surface area contributed by atoms with E-state index >= 15 is 0 Å². The smallest absolute Gasteiger partial charge is 0.332 e. The van der Waals surface area contributed by atoms with E-state index in [0.29, 0.717) is 17.0 Å². The summed E-state index contributed by atoms with van der Waals surface area (Å²) in [6.07, 6.45) is 0.728. The predicted octanol–water partition coefficient (Wildman–Crippen LogP) is 1.35. The maximum atomic E-state index is 12.6. The van der Waals surface area contributed by atoms with Crippen LogP contribution >= 0.6 is 0 Å². The van der Waals surface area contributed by atoms with Crippen LogP contribution in [0.4, 0.5) is 5.69 Å². The number of hydrogen-bond donors (Lipinski definition) is 1. The Balaban J connectivity index is 2.02. The number of nitrogens with zero attached hydrogens (tertiary/aromatic N) is 3. The molecule has 0 aliphatic carbocycles. The van der Waals surface area contributed by atoms with Gasteiger partial charge in [-0.25, -0.2) is 9.78 Å². The Morgan fingerprint density at radius 3 is 2.48 bits per heavy atom. The first-order valence-corrected chi connectivity index (χ1v) is 8.39. The van der Waals surface area contributed by atoms with Crippen LogP contribution < -0.4 is 21.3 Å². The summed E-state index contributed by atoms with van der Waals surface area (Å²) in [4.78, 5) is 41.6. The van der Waals surface area contributed by atoms with Crippen LogP contribution in [-0.2, 0) is 18.9 Å². The molecule has 0 aliphatic rings. The van der Waals surface area contributed by atoms with E-state index in [0.717, 1.165) is 4.57 Å². The van der Waals surface area contributed by atoms with Gasteiger partial charge in [-0.2, -0.15) is 0 Å². The Hall–Kier alpha value is -3.42. The zero-order valence-corrected chi connectivity index (χ0v) is 15.5. The summed E-state index contributed by atoms with van der Waals surface area (Å²) in [5.74, 6) is 0.153. The number of ether oxygens (including phenoxy) is 1. The number of carbonyl (C=O) groups is 1. The summed E-state index contributed by atoms with van der Waals surface area (Å²) in [5, 5.41) is 2.94. The van der Waals surface area contributed by atoms with Crippen molar-refractivity contribution in [3.63, 3.8) is 0 Å². The van der Waals surface area contributed by atoms with Gasteiger partial charge in [0.15, 0.2) is 11.8 Å². The van der Waals surface area contributed by atoms with Crippen molar-refractivity contribution in [1.82, 2.24) is 14.1 Å². The van der Waals surface area contributed by atoms with Crippen molar-refractivity contribution in [2.75, 3.05) is 5.32 Å². The number of nitrogens with one attached hydrogen (secondary N) is 1. The van der Waals surface area contributed by atoms with Crippen LogP contribution in [-0.4, -0.2) is 26.1 Å². The Morgan fingerprint density at radius 2 is 1.81 bits per heavy atom. The first-order chi connectivity index (χ1) is 12.8. The van der Waals surface area contributed by atoms with E-state index in [1.807, 2.05) is 18.2 Å². The van der Waals surface area contributed by atoms with E-state index in [2.05, 4.69) is 10.3 Å². The number of anilines is 1. The zero-order chi connectivity index (χ0) is 19.7. The number of para-hydroxylation sites is 1. The van der Waals surface area contributed by atoms with Gasteiger partial charge in [0.1, 0.15) is 11.1 Å². The van der Waals surface area contributed by atoms with Crippen LogP contribution in [0.15, 0.2) is 46.1 Å². The molecule has 0 radical (unpaired) electrons. The molecule has 8 nitrogen and oxygen atoms in total. The molecule has 2 aromatic heterocycles. The molecule has 1 N–H and O–H groups in total. The molecule has 0 bridgehead atoms. The summed E-state index contributed by atoms with van der Waals surface area (Å²) in [6, 6.07) is 8.98. The molecule has 0 spiro atoms. The number of hydrogen-bond acceptors (Lipinski definition) is 5. The topological polar surface area (TPSA) is 95.2 Å². The minimum absolute atomic E-state index is 0.180. The van der Waals surface area contributed by atoms with Gasteiger partial charge in [0.2, 0.25) is 0 Å². The maximum Gasteiger partial charge on any atom is 0.332 e. The van der Waals surface area contributed by atoms with E-state index in [4.69, 9.17) is 4.74 Å². The van der Waals surface area contributed by atoms with Crippen molar-refractivity contribution in [1.29, 1.82) is 0 Å². The summed E-state index contributed by atoms with van der Waals surface area (Å²) >= 11 is 0. The molecule has 27 heavy (non-hydrogen) atoms. The minimum Gasteiger partial charge on any atom is -0.481 e. The number of fused-ring (bicyclic) bond motifs is 1. The molecule has 0 saturated carbocycles. The maximum absolute atomic E-state index is 12.6. The average molecular weight is 368 g/mol. The summed E-state index contributed by atoms with van der Waals surface area (Å²) < 4.78 is 7.89. The molecule has 140 valence electrons. The second-order valence-electron chi connectivity index (χ2n) is 6.28. The fourth-order valence-electron chi connectivity index (χ4n) is 2.77. The molecular formula is C19H20N4O4. The molecule has 1 aromatic carbocycles. The van der Waals surface area contributed by atoms with Gasteiger partial charge in [-0.05, 0) is 31.5 Å². The van der Waals surface area contributed by atoms with Crippen LogP contribution in [0, 0.1) is 6.92 Å². The number of aryl methyl sites for hydroxylation is 2. The number of amides is 1. The summed E-state index contributed by atoms with van der Waals surface area (Å²) in [7, 11) is 2.92. The van der Waals surface area contributed by atoms with Gasteiger partial charge in [0.05, 0.1) is 5.69 Å². The molecule has 0 aliphatic heterocycles. The lowest BCUT2D eigenvalue weighted by Gasteiger charge is -2.17. The second kappa shape index (κ2) is 7.06. The Labute approximate surface area is 155 Å². The number of rotatable bonds is 4. The highest BCUT2D eigenvalue weighted by molar-refractivity contribution is 6.02. The lowest BCUT2D eigenvalue weighted by atomic mass is 10.1. The van der Waals surface area contributed by atoms with Crippen LogP contribution in [0.3, 0.4) is 0 Å². The predicted molar refractivity (Wildman–Crippen MR) is 102 cm³/mol. The zero-order valence-electron chi connectivity index (χ0n) is 15.5. The SMILES string of the molecule is Cc1cnc2c(c1NC(=O)C(C)Oc1ccccc1)c(=O)n(C)c(=O)n2C. The van der Waals surface area contributed by atoms with Crippen molar-refractivity contribution in [2.24, 2.45) is 14.1 Å². The van der Waals surface area contributed by atoms with Crippen LogP contribution in [0.25, 0.3) is 11.0 Å². The summed E-state index contributed by atoms with van der Waals surface area (Å²) in [5.41, 5.74) is 0.141. The van der Waals surface area contributed by atoms with Crippen LogP contribution in [0.2, 0.25) is 0 Å². The molecule has 1 amide bonds. The third-order valence-corrected chi connectivity index (χ3v) is 4.33. The van der Waals surface area contributed by atoms with Gasteiger partial charge in [-0.1, -0.05) is 18.2 Å². The highest BCUT2D eigenvalue weighted by Crippen LogP contribution is 2.22. The highest BCUT2D eigenvalue weighted by atomic mass is 16.5. The lowest BCUT2D eigenvalue weighted by molar-refractivity contribution is -0.122. The van der Waals surface area contributed by atoms with Gasteiger partial charge in [-0.15, -0.1) is 0 Å². The molecule has 2 heterocycles. The van der Waals surface area contributed by atoms with E-state index in [1.54, 1.807) is 26.0 Å². The Bertz CT molecular complexity index is 1130. The van der Waals surface area contributed by atoms with Gasteiger partial charge in [0.25, 0.3) is 11.5 Å². The average Bonchev–Trinajstić information content (AvgIpc) is 2.66. The van der Waals surface area contributed by atoms with E-state index in [-0.39, 0.29) is 11.0 Å². The van der Waals surface area contributed by atoms with Crippen LogP contribution in [0.1, 0.15) is 12.5 Å². The number of benzene rings is 1. The van der Waals surface area contributed by atoms with Crippen molar-refractivity contribution >= 4 is 22.6 Å². The molecular weight excluding hydrogens is 348 g/mol. The van der Waals surface area contributed by atoms with Crippen molar-refractivity contribution < 1.29 is 9.53 Å².